The molecule has 0 aliphatic carbocycles. The molecule has 0 bridgehead atoms. The number of esters is 1. The SMILES string of the molecule is C=CC(C)OC(=O)CC1OCCO1. The van der Waals surface area contributed by atoms with E-state index in [-0.39, 0.29) is 18.5 Å². The molecule has 0 amide bonds. The summed E-state index contributed by atoms with van der Waals surface area (Å²) in [5.74, 6) is -0.320. The summed E-state index contributed by atoms with van der Waals surface area (Å²) in [5, 5.41) is 0. The average Bonchev–Trinajstić information content (AvgIpc) is 2.56. The van der Waals surface area contributed by atoms with Crippen molar-refractivity contribution in [3.63, 3.8) is 0 Å². The van der Waals surface area contributed by atoms with Crippen LogP contribution in [0.3, 0.4) is 0 Å². The van der Waals surface area contributed by atoms with Gasteiger partial charge in [-0.1, -0.05) is 12.7 Å². The summed E-state index contributed by atoms with van der Waals surface area (Å²) in [5.41, 5.74) is 0. The Morgan fingerprint density at radius 2 is 2.31 bits per heavy atom. The quantitative estimate of drug-likeness (QED) is 0.482. The van der Waals surface area contributed by atoms with Crippen molar-refractivity contribution < 1.29 is 19.0 Å². The van der Waals surface area contributed by atoms with Crippen molar-refractivity contribution in [3.8, 4) is 0 Å². The second-order valence-electron chi connectivity index (χ2n) is 2.81. The Bertz CT molecular complexity index is 184. The monoisotopic (exact) mass is 186 g/mol. The van der Waals surface area contributed by atoms with Crippen LogP contribution in [-0.2, 0) is 19.0 Å². The Hall–Kier alpha value is -0.870. The van der Waals surface area contributed by atoms with Gasteiger partial charge in [-0.25, -0.2) is 0 Å². The number of rotatable bonds is 4. The maximum atomic E-state index is 11.1. The van der Waals surface area contributed by atoms with Gasteiger partial charge in [0.25, 0.3) is 0 Å². The second-order valence-corrected chi connectivity index (χ2v) is 2.81. The normalized spacial score (nSPS) is 19.8. The zero-order valence-corrected chi connectivity index (χ0v) is 7.69. The van der Waals surface area contributed by atoms with Gasteiger partial charge in [0.1, 0.15) is 6.10 Å². The Balaban J connectivity index is 2.20. The Labute approximate surface area is 77.5 Å². The van der Waals surface area contributed by atoms with Gasteiger partial charge >= 0.3 is 5.97 Å². The smallest absolute Gasteiger partial charge is 0.311 e. The summed E-state index contributed by atoms with van der Waals surface area (Å²) in [6.45, 7) is 6.36. The summed E-state index contributed by atoms with van der Waals surface area (Å²) in [4.78, 5) is 11.1. The summed E-state index contributed by atoms with van der Waals surface area (Å²) in [6, 6.07) is 0. The molecule has 0 aromatic carbocycles. The van der Waals surface area contributed by atoms with Crippen molar-refractivity contribution in [1.82, 2.24) is 0 Å². The van der Waals surface area contributed by atoms with Gasteiger partial charge in [-0.15, -0.1) is 0 Å². The number of ether oxygens (including phenoxy) is 3. The number of hydrogen-bond donors (Lipinski definition) is 0. The van der Waals surface area contributed by atoms with Crippen molar-refractivity contribution >= 4 is 5.97 Å². The molecule has 4 heteroatoms. The van der Waals surface area contributed by atoms with Crippen LogP contribution in [-0.4, -0.2) is 31.6 Å². The van der Waals surface area contributed by atoms with Crippen molar-refractivity contribution in [2.45, 2.75) is 25.7 Å². The van der Waals surface area contributed by atoms with Gasteiger partial charge in [-0.05, 0) is 6.92 Å². The van der Waals surface area contributed by atoms with Crippen LogP contribution < -0.4 is 0 Å². The van der Waals surface area contributed by atoms with Crippen LogP contribution in [0.25, 0.3) is 0 Å². The van der Waals surface area contributed by atoms with E-state index < -0.39 is 6.29 Å². The van der Waals surface area contributed by atoms with E-state index in [1.807, 2.05) is 0 Å². The van der Waals surface area contributed by atoms with E-state index in [1.165, 1.54) is 0 Å². The van der Waals surface area contributed by atoms with Gasteiger partial charge in [0.15, 0.2) is 6.29 Å². The maximum Gasteiger partial charge on any atom is 0.311 e. The van der Waals surface area contributed by atoms with E-state index in [9.17, 15) is 4.79 Å². The molecule has 1 saturated heterocycles. The summed E-state index contributed by atoms with van der Waals surface area (Å²) >= 11 is 0. The summed E-state index contributed by atoms with van der Waals surface area (Å²) < 4.78 is 15.1. The molecule has 1 rings (SSSR count). The van der Waals surface area contributed by atoms with E-state index in [0.717, 1.165) is 0 Å². The van der Waals surface area contributed by atoms with Gasteiger partial charge in [0, 0.05) is 0 Å². The molecular weight excluding hydrogens is 172 g/mol. The highest BCUT2D eigenvalue weighted by atomic mass is 16.7. The van der Waals surface area contributed by atoms with Gasteiger partial charge in [-0.3, -0.25) is 4.79 Å². The minimum Gasteiger partial charge on any atom is -0.458 e. The lowest BCUT2D eigenvalue weighted by Gasteiger charge is -2.11. The largest absolute Gasteiger partial charge is 0.458 e. The third-order valence-electron chi connectivity index (χ3n) is 1.67. The van der Waals surface area contributed by atoms with E-state index in [4.69, 9.17) is 14.2 Å². The average molecular weight is 186 g/mol. The highest BCUT2D eigenvalue weighted by Gasteiger charge is 2.21. The second kappa shape index (κ2) is 4.99. The number of carbonyl (C=O) groups is 1. The van der Waals surface area contributed by atoms with Crippen molar-refractivity contribution in [2.75, 3.05) is 13.2 Å². The van der Waals surface area contributed by atoms with Crippen LogP contribution in [0.2, 0.25) is 0 Å². The minimum absolute atomic E-state index is 0.151. The molecule has 0 spiro atoms. The van der Waals surface area contributed by atoms with Crippen LogP contribution in [0.4, 0.5) is 0 Å². The number of hydrogen-bond acceptors (Lipinski definition) is 4. The van der Waals surface area contributed by atoms with E-state index in [2.05, 4.69) is 6.58 Å². The van der Waals surface area contributed by atoms with E-state index in [0.29, 0.717) is 13.2 Å². The third-order valence-corrected chi connectivity index (χ3v) is 1.67. The zero-order valence-electron chi connectivity index (χ0n) is 7.69. The molecule has 1 unspecified atom stereocenters. The molecule has 1 fully saturated rings. The first-order valence-corrected chi connectivity index (χ1v) is 4.27. The van der Waals surface area contributed by atoms with Crippen LogP contribution >= 0.6 is 0 Å². The van der Waals surface area contributed by atoms with Crippen molar-refractivity contribution in [3.05, 3.63) is 12.7 Å². The fraction of sp³-hybridized carbons (Fsp3) is 0.667. The third kappa shape index (κ3) is 3.57. The molecule has 0 aromatic rings. The Kier molecular flexibility index (Phi) is 3.92. The first-order valence-electron chi connectivity index (χ1n) is 4.27. The Morgan fingerprint density at radius 3 is 2.85 bits per heavy atom. The van der Waals surface area contributed by atoms with Crippen molar-refractivity contribution in [1.29, 1.82) is 0 Å². The van der Waals surface area contributed by atoms with Gasteiger partial charge in [-0.2, -0.15) is 0 Å². The van der Waals surface area contributed by atoms with Gasteiger partial charge in [0.05, 0.1) is 19.6 Å². The van der Waals surface area contributed by atoms with Gasteiger partial charge in [0.2, 0.25) is 0 Å². The van der Waals surface area contributed by atoms with Crippen LogP contribution in [0.5, 0.6) is 0 Å². The molecule has 4 nitrogen and oxygen atoms in total. The predicted molar refractivity (Wildman–Crippen MR) is 46.1 cm³/mol. The molecule has 13 heavy (non-hydrogen) atoms. The Morgan fingerprint density at radius 1 is 1.69 bits per heavy atom. The molecule has 1 atom stereocenters. The molecule has 0 radical (unpaired) electrons. The van der Waals surface area contributed by atoms with Crippen molar-refractivity contribution in [2.24, 2.45) is 0 Å². The highest BCUT2D eigenvalue weighted by molar-refractivity contribution is 5.70. The van der Waals surface area contributed by atoms with Crippen LogP contribution in [0.1, 0.15) is 13.3 Å². The molecular formula is C9H14O4. The highest BCUT2D eigenvalue weighted by Crippen LogP contribution is 2.09. The predicted octanol–water partition coefficient (Wildman–Crippen LogP) is 0.867. The standard InChI is InChI=1S/C9H14O4/c1-3-7(2)13-8(10)6-9-11-4-5-12-9/h3,7,9H,1,4-6H2,2H3. The van der Waals surface area contributed by atoms with E-state index >= 15 is 0 Å². The minimum atomic E-state index is -0.426. The maximum absolute atomic E-state index is 11.1. The molecule has 1 aliphatic rings. The molecule has 0 N–H and O–H groups in total. The van der Waals surface area contributed by atoms with Crippen LogP contribution in [0, 0.1) is 0 Å². The first-order chi connectivity index (χ1) is 6.22. The number of carbonyl (C=O) groups excluding carboxylic acids is 1. The molecule has 1 heterocycles. The van der Waals surface area contributed by atoms with Crippen LogP contribution in [0.15, 0.2) is 12.7 Å². The lowest BCUT2D eigenvalue weighted by molar-refractivity contribution is -0.154. The lowest BCUT2D eigenvalue weighted by Crippen LogP contribution is -2.19. The first kappa shape index (κ1) is 10.2. The molecule has 74 valence electrons. The molecule has 0 saturated carbocycles. The van der Waals surface area contributed by atoms with E-state index in [1.54, 1.807) is 13.0 Å². The fourth-order valence-corrected chi connectivity index (χ4v) is 0.965. The molecule has 1 aliphatic heterocycles. The summed E-state index contributed by atoms with van der Waals surface area (Å²) in [6.07, 6.45) is 1.03. The summed E-state index contributed by atoms with van der Waals surface area (Å²) in [7, 11) is 0. The topological polar surface area (TPSA) is 44.8 Å². The zero-order chi connectivity index (χ0) is 9.68. The fourth-order valence-electron chi connectivity index (χ4n) is 0.965. The van der Waals surface area contributed by atoms with Gasteiger partial charge < -0.3 is 14.2 Å². The molecule has 0 aromatic heterocycles. The lowest BCUT2D eigenvalue weighted by atomic mass is 10.4.